The Morgan fingerprint density at radius 1 is 0.829 bits per heavy atom. The molecule has 4 nitrogen and oxygen atoms in total. The lowest BCUT2D eigenvalue weighted by molar-refractivity contribution is 0.240. The summed E-state index contributed by atoms with van der Waals surface area (Å²) in [6.45, 7) is 10.6. The first-order chi connectivity index (χ1) is 17.2. The highest BCUT2D eigenvalue weighted by Gasteiger charge is 2.16. The topological polar surface area (TPSA) is 30.3 Å². The highest BCUT2D eigenvalue weighted by atomic mass is 16.5. The molecule has 0 aliphatic carbocycles. The largest absolute Gasteiger partial charge is 0.494 e. The molecule has 0 atom stereocenters. The molecule has 0 spiro atoms. The van der Waals surface area contributed by atoms with E-state index >= 15 is 0 Å². The number of hydrogen-bond acceptors (Lipinski definition) is 3. The molecule has 4 aromatic rings. The summed E-state index contributed by atoms with van der Waals surface area (Å²) in [5, 5.41) is 0. The van der Waals surface area contributed by atoms with Crippen LogP contribution in [0.15, 0.2) is 85.1 Å². The minimum absolute atomic E-state index is 0.676. The maximum absolute atomic E-state index is 5.76. The van der Waals surface area contributed by atoms with E-state index in [9.17, 15) is 0 Å². The monoisotopic (exact) mass is 467 g/mol. The van der Waals surface area contributed by atoms with Crippen LogP contribution in [0, 0.1) is 6.92 Å². The first-order valence-corrected chi connectivity index (χ1v) is 12.8. The number of rotatable bonds is 12. The standard InChI is InChI=1S/C31H37N3O/c1-4-6-18-34-29(21-32-31(34)28-15-8-7-9-16-28)24-33(22-26-13-10-12-25(3)19-26)23-27-14-11-17-30(20-27)35-5-2/h7-17,19-21H,4-6,18,22-24H2,1-3H3. The summed E-state index contributed by atoms with van der Waals surface area (Å²) < 4.78 is 8.18. The Bertz CT molecular complexity index is 1200. The van der Waals surface area contributed by atoms with Gasteiger partial charge in [0.2, 0.25) is 0 Å². The zero-order chi connectivity index (χ0) is 24.5. The first-order valence-electron chi connectivity index (χ1n) is 12.8. The zero-order valence-electron chi connectivity index (χ0n) is 21.3. The third-order valence-electron chi connectivity index (χ3n) is 6.20. The number of aryl methyl sites for hydroxylation is 1. The van der Waals surface area contributed by atoms with Gasteiger partial charge in [0.05, 0.1) is 18.5 Å². The summed E-state index contributed by atoms with van der Waals surface area (Å²) in [4.78, 5) is 7.38. The van der Waals surface area contributed by atoms with E-state index in [2.05, 4.69) is 102 Å². The third kappa shape index (κ3) is 6.83. The summed E-state index contributed by atoms with van der Waals surface area (Å²) in [5.74, 6) is 1.99. The summed E-state index contributed by atoms with van der Waals surface area (Å²) in [6.07, 6.45) is 4.36. The van der Waals surface area contributed by atoms with Crippen LogP contribution in [0.3, 0.4) is 0 Å². The lowest BCUT2D eigenvalue weighted by atomic mass is 10.1. The second-order valence-electron chi connectivity index (χ2n) is 9.16. The number of ether oxygens (including phenoxy) is 1. The van der Waals surface area contributed by atoms with Gasteiger partial charge in [-0.2, -0.15) is 0 Å². The van der Waals surface area contributed by atoms with Gasteiger partial charge >= 0.3 is 0 Å². The van der Waals surface area contributed by atoms with E-state index in [1.54, 1.807) is 0 Å². The third-order valence-corrected chi connectivity index (χ3v) is 6.20. The molecule has 182 valence electrons. The molecule has 35 heavy (non-hydrogen) atoms. The van der Waals surface area contributed by atoms with Crippen LogP contribution in [-0.4, -0.2) is 21.1 Å². The van der Waals surface area contributed by atoms with E-state index in [4.69, 9.17) is 9.72 Å². The molecule has 0 aliphatic rings. The SMILES string of the molecule is CCCCn1c(CN(Cc2cccc(C)c2)Cc2cccc(OCC)c2)cnc1-c1ccccc1. The lowest BCUT2D eigenvalue weighted by Gasteiger charge is -2.24. The number of aromatic nitrogens is 2. The highest BCUT2D eigenvalue weighted by Crippen LogP contribution is 2.23. The second kappa shape index (κ2) is 12.4. The van der Waals surface area contributed by atoms with E-state index in [0.29, 0.717) is 6.61 Å². The molecular weight excluding hydrogens is 430 g/mol. The van der Waals surface area contributed by atoms with Crippen molar-refractivity contribution in [3.05, 3.63) is 107 Å². The number of nitrogens with zero attached hydrogens (tertiary/aromatic N) is 3. The van der Waals surface area contributed by atoms with Crippen molar-refractivity contribution in [3.8, 4) is 17.1 Å². The van der Waals surface area contributed by atoms with Crippen molar-refractivity contribution in [2.45, 2.75) is 59.8 Å². The summed E-state index contributed by atoms with van der Waals surface area (Å²) >= 11 is 0. The number of hydrogen-bond donors (Lipinski definition) is 0. The fourth-order valence-corrected chi connectivity index (χ4v) is 4.54. The first kappa shape index (κ1) is 24.7. The molecule has 0 saturated carbocycles. The molecule has 0 fully saturated rings. The van der Waals surface area contributed by atoms with E-state index < -0.39 is 0 Å². The van der Waals surface area contributed by atoms with Crippen LogP contribution in [0.2, 0.25) is 0 Å². The molecule has 0 radical (unpaired) electrons. The molecule has 1 heterocycles. The average Bonchev–Trinajstić information content (AvgIpc) is 3.26. The predicted octanol–water partition coefficient (Wildman–Crippen LogP) is 7.26. The van der Waals surface area contributed by atoms with Crippen molar-refractivity contribution in [2.75, 3.05) is 6.61 Å². The predicted molar refractivity (Wildman–Crippen MR) is 144 cm³/mol. The van der Waals surface area contributed by atoms with Gasteiger partial charge in [-0.05, 0) is 43.5 Å². The van der Waals surface area contributed by atoms with Crippen molar-refractivity contribution in [1.82, 2.24) is 14.5 Å². The van der Waals surface area contributed by atoms with E-state index in [1.165, 1.54) is 27.9 Å². The maximum atomic E-state index is 5.76. The fourth-order valence-electron chi connectivity index (χ4n) is 4.54. The molecular formula is C31H37N3O. The zero-order valence-corrected chi connectivity index (χ0v) is 21.3. The molecule has 4 heteroatoms. The smallest absolute Gasteiger partial charge is 0.140 e. The van der Waals surface area contributed by atoms with Gasteiger partial charge < -0.3 is 9.30 Å². The Morgan fingerprint density at radius 3 is 2.29 bits per heavy atom. The van der Waals surface area contributed by atoms with Crippen LogP contribution in [0.1, 0.15) is 49.1 Å². The Hall–Kier alpha value is -3.37. The number of imidazole rings is 1. The van der Waals surface area contributed by atoms with E-state index in [-0.39, 0.29) is 0 Å². The van der Waals surface area contributed by atoms with Gasteiger partial charge in [0.15, 0.2) is 0 Å². The molecule has 1 aromatic heterocycles. The maximum Gasteiger partial charge on any atom is 0.140 e. The van der Waals surface area contributed by atoms with Crippen LogP contribution in [-0.2, 0) is 26.2 Å². The summed E-state index contributed by atoms with van der Waals surface area (Å²) in [6, 6.07) is 27.8. The van der Waals surface area contributed by atoms with Gasteiger partial charge in [-0.1, -0.05) is 85.6 Å². The molecule has 0 N–H and O–H groups in total. The summed E-state index contributed by atoms with van der Waals surface area (Å²) in [7, 11) is 0. The van der Waals surface area contributed by atoms with Crippen molar-refractivity contribution >= 4 is 0 Å². The van der Waals surface area contributed by atoms with Crippen LogP contribution < -0.4 is 4.74 Å². The van der Waals surface area contributed by atoms with Crippen LogP contribution in [0.4, 0.5) is 0 Å². The van der Waals surface area contributed by atoms with Crippen molar-refractivity contribution in [1.29, 1.82) is 0 Å². The molecule has 0 unspecified atom stereocenters. The minimum Gasteiger partial charge on any atom is -0.494 e. The molecule has 0 bridgehead atoms. The molecule has 0 saturated heterocycles. The number of benzene rings is 3. The normalized spacial score (nSPS) is 11.2. The Labute approximate surface area is 210 Å². The minimum atomic E-state index is 0.676. The van der Waals surface area contributed by atoms with Gasteiger partial charge in [-0.3, -0.25) is 4.90 Å². The van der Waals surface area contributed by atoms with Crippen LogP contribution >= 0.6 is 0 Å². The van der Waals surface area contributed by atoms with E-state index in [0.717, 1.165) is 50.6 Å². The second-order valence-corrected chi connectivity index (χ2v) is 9.16. The van der Waals surface area contributed by atoms with Gasteiger partial charge in [-0.15, -0.1) is 0 Å². The van der Waals surface area contributed by atoms with Gasteiger partial charge in [0.25, 0.3) is 0 Å². The van der Waals surface area contributed by atoms with E-state index in [1.807, 2.05) is 13.0 Å². The highest BCUT2D eigenvalue weighted by molar-refractivity contribution is 5.55. The lowest BCUT2D eigenvalue weighted by Crippen LogP contribution is -2.24. The van der Waals surface area contributed by atoms with Crippen LogP contribution in [0.5, 0.6) is 5.75 Å². The Balaban J connectivity index is 1.64. The Morgan fingerprint density at radius 2 is 1.57 bits per heavy atom. The van der Waals surface area contributed by atoms with Gasteiger partial charge in [0, 0.05) is 31.7 Å². The Kier molecular flexibility index (Phi) is 8.74. The molecule has 3 aromatic carbocycles. The molecule has 0 amide bonds. The molecule has 0 aliphatic heterocycles. The number of unbranched alkanes of at least 4 members (excludes halogenated alkanes) is 1. The van der Waals surface area contributed by atoms with Gasteiger partial charge in [0.1, 0.15) is 11.6 Å². The van der Waals surface area contributed by atoms with Gasteiger partial charge in [-0.25, -0.2) is 4.98 Å². The summed E-state index contributed by atoms with van der Waals surface area (Å²) in [5.41, 5.74) is 6.30. The van der Waals surface area contributed by atoms with Crippen LogP contribution in [0.25, 0.3) is 11.4 Å². The van der Waals surface area contributed by atoms with Crippen molar-refractivity contribution in [2.24, 2.45) is 0 Å². The average molecular weight is 468 g/mol. The quantitative estimate of drug-likeness (QED) is 0.220. The fraction of sp³-hybridized carbons (Fsp3) is 0.323. The van der Waals surface area contributed by atoms with Crippen molar-refractivity contribution in [3.63, 3.8) is 0 Å². The molecule has 4 rings (SSSR count). The van der Waals surface area contributed by atoms with Crippen molar-refractivity contribution < 1.29 is 4.74 Å².